The van der Waals surface area contributed by atoms with Crippen molar-refractivity contribution in [2.75, 3.05) is 6.54 Å². The third-order valence-corrected chi connectivity index (χ3v) is 3.65. The highest BCUT2D eigenvalue weighted by atomic mass is 16.4. The van der Waals surface area contributed by atoms with Crippen molar-refractivity contribution in [3.63, 3.8) is 0 Å². The van der Waals surface area contributed by atoms with Crippen LogP contribution in [0.4, 0.5) is 0 Å². The Balaban J connectivity index is 2.08. The fraction of sp³-hybridized carbons (Fsp3) is 0.889. The normalized spacial score (nSPS) is 30.3. The summed E-state index contributed by atoms with van der Waals surface area (Å²) in [6.45, 7) is 2.36. The van der Waals surface area contributed by atoms with Crippen LogP contribution in [0.2, 0.25) is 6.82 Å². The standard InChI is InChI=1S/C9H16BNO3/c1-10(14)11-5-4-9(2-3-9)6-7(11)8(12)13/h7,14H,2-6H2,1H3,(H,12,13)/t7-/m1/s1. The number of piperidine rings is 1. The van der Waals surface area contributed by atoms with Gasteiger partial charge < -0.3 is 14.9 Å². The van der Waals surface area contributed by atoms with E-state index in [-0.39, 0.29) is 0 Å². The maximum atomic E-state index is 11.0. The molecule has 4 nitrogen and oxygen atoms in total. The van der Waals surface area contributed by atoms with Gasteiger partial charge in [-0.05, 0) is 44.5 Å². The topological polar surface area (TPSA) is 60.8 Å². The molecule has 2 fully saturated rings. The summed E-state index contributed by atoms with van der Waals surface area (Å²) in [6, 6.07) is -0.480. The van der Waals surface area contributed by atoms with Gasteiger partial charge in [-0.2, -0.15) is 0 Å². The molecule has 0 bridgehead atoms. The molecule has 1 saturated heterocycles. The number of rotatable bonds is 2. The molecule has 14 heavy (non-hydrogen) atoms. The lowest BCUT2D eigenvalue weighted by Crippen LogP contribution is -2.53. The predicted molar refractivity (Wildman–Crippen MR) is 52.9 cm³/mol. The first-order valence-electron chi connectivity index (χ1n) is 5.21. The first kappa shape index (κ1) is 9.99. The maximum Gasteiger partial charge on any atom is 0.377 e. The molecule has 5 heteroatoms. The first-order chi connectivity index (χ1) is 6.54. The lowest BCUT2D eigenvalue weighted by atomic mass is 9.76. The lowest BCUT2D eigenvalue weighted by Gasteiger charge is -2.38. The van der Waals surface area contributed by atoms with Crippen molar-refractivity contribution < 1.29 is 14.9 Å². The zero-order chi connectivity index (χ0) is 10.3. The van der Waals surface area contributed by atoms with Gasteiger partial charge in [-0.15, -0.1) is 0 Å². The summed E-state index contributed by atoms with van der Waals surface area (Å²) in [5, 5.41) is 18.5. The van der Waals surface area contributed by atoms with Crippen LogP contribution in [0.5, 0.6) is 0 Å². The van der Waals surface area contributed by atoms with E-state index in [1.54, 1.807) is 11.6 Å². The zero-order valence-electron chi connectivity index (χ0n) is 8.44. The minimum atomic E-state index is -0.795. The number of hydrogen-bond acceptors (Lipinski definition) is 3. The predicted octanol–water partition coefficient (Wildman–Crippen LogP) is 0.426. The Bertz CT molecular complexity index is 252. The summed E-state index contributed by atoms with van der Waals surface area (Å²) in [6.07, 6.45) is 4.10. The third-order valence-electron chi connectivity index (χ3n) is 3.65. The molecule has 0 radical (unpaired) electrons. The number of carboxylic acids is 1. The number of hydrogen-bond donors (Lipinski definition) is 2. The highest BCUT2D eigenvalue weighted by molar-refractivity contribution is 6.45. The van der Waals surface area contributed by atoms with Crippen LogP contribution in [-0.2, 0) is 4.79 Å². The summed E-state index contributed by atoms with van der Waals surface area (Å²) in [5.74, 6) is -0.795. The molecule has 2 N–H and O–H groups in total. The second kappa shape index (κ2) is 3.24. The van der Waals surface area contributed by atoms with E-state index in [4.69, 9.17) is 5.11 Å². The van der Waals surface area contributed by atoms with Gasteiger partial charge in [0.15, 0.2) is 0 Å². The first-order valence-corrected chi connectivity index (χ1v) is 5.21. The van der Waals surface area contributed by atoms with Crippen LogP contribution in [0.15, 0.2) is 0 Å². The number of carbonyl (C=O) groups is 1. The zero-order valence-corrected chi connectivity index (χ0v) is 8.44. The van der Waals surface area contributed by atoms with Gasteiger partial charge in [-0.1, -0.05) is 0 Å². The third kappa shape index (κ3) is 1.66. The Morgan fingerprint density at radius 2 is 2.14 bits per heavy atom. The van der Waals surface area contributed by atoms with E-state index < -0.39 is 19.1 Å². The maximum absolute atomic E-state index is 11.0. The van der Waals surface area contributed by atoms with E-state index in [0.717, 1.165) is 6.42 Å². The second-order valence-corrected chi connectivity index (χ2v) is 4.68. The molecule has 1 heterocycles. The molecular weight excluding hydrogens is 181 g/mol. The molecule has 0 amide bonds. The van der Waals surface area contributed by atoms with Gasteiger partial charge in [0.2, 0.25) is 0 Å². The molecule has 1 spiro atoms. The van der Waals surface area contributed by atoms with Crippen LogP contribution in [0, 0.1) is 5.41 Å². The van der Waals surface area contributed by atoms with Crippen molar-refractivity contribution in [3.05, 3.63) is 0 Å². The molecule has 1 aliphatic heterocycles. The van der Waals surface area contributed by atoms with Crippen molar-refractivity contribution in [2.45, 2.75) is 38.5 Å². The molecular formula is C9H16BNO3. The molecule has 0 aromatic rings. The van der Waals surface area contributed by atoms with Crippen LogP contribution in [0.25, 0.3) is 0 Å². The number of nitrogens with zero attached hydrogens (tertiary/aromatic N) is 1. The molecule has 1 saturated carbocycles. The molecule has 0 unspecified atom stereocenters. The van der Waals surface area contributed by atoms with Gasteiger partial charge in [-0.3, -0.25) is 4.79 Å². The van der Waals surface area contributed by atoms with Crippen LogP contribution in [0.3, 0.4) is 0 Å². The quantitative estimate of drug-likeness (QED) is 0.630. The van der Waals surface area contributed by atoms with Gasteiger partial charge in [0.1, 0.15) is 6.04 Å². The summed E-state index contributed by atoms with van der Waals surface area (Å²) in [5.41, 5.74) is 0.314. The SMILES string of the molecule is CB(O)N1CCC2(CC2)C[C@@H]1C(=O)O. The summed E-state index contributed by atoms with van der Waals surface area (Å²) in [7, 11) is -0.646. The highest BCUT2D eigenvalue weighted by Gasteiger charge is 2.50. The van der Waals surface area contributed by atoms with E-state index in [2.05, 4.69) is 0 Å². The van der Waals surface area contributed by atoms with Crippen molar-refractivity contribution >= 4 is 13.0 Å². The van der Waals surface area contributed by atoms with Gasteiger partial charge in [0.25, 0.3) is 0 Å². The van der Waals surface area contributed by atoms with E-state index in [1.807, 2.05) is 0 Å². The fourth-order valence-corrected chi connectivity index (χ4v) is 2.46. The van der Waals surface area contributed by atoms with Crippen LogP contribution < -0.4 is 0 Å². The monoisotopic (exact) mass is 197 g/mol. The van der Waals surface area contributed by atoms with E-state index >= 15 is 0 Å². The second-order valence-electron chi connectivity index (χ2n) is 4.68. The average Bonchev–Trinajstić information content (AvgIpc) is 2.84. The molecule has 1 aliphatic carbocycles. The lowest BCUT2D eigenvalue weighted by molar-refractivity contribution is -0.143. The van der Waals surface area contributed by atoms with Crippen molar-refractivity contribution in [2.24, 2.45) is 5.41 Å². The summed E-state index contributed by atoms with van der Waals surface area (Å²) < 4.78 is 0. The van der Waals surface area contributed by atoms with Crippen molar-refractivity contribution in [3.8, 4) is 0 Å². The van der Waals surface area contributed by atoms with Crippen LogP contribution in [0.1, 0.15) is 25.7 Å². The van der Waals surface area contributed by atoms with E-state index in [9.17, 15) is 9.82 Å². The van der Waals surface area contributed by atoms with Gasteiger partial charge in [0.05, 0.1) is 0 Å². The van der Waals surface area contributed by atoms with Gasteiger partial charge >= 0.3 is 13.0 Å². The molecule has 2 rings (SSSR count). The Morgan fingerprint density at radius 1 is 1.50 bits per heavy atom. The highest BCUT2D eigenvalue weighted by Crippen LogP contribution is 2.55. The average molecular weight is 197 g/mol. The van der Waals surface area contributed by atoms with Crippen LogP contribution >= 0.6 is 0 Å². The summed E-state index contributed by atoms with van der Waals surface area (Å²) in [4.78, 5) is 12.7. The fourth-order valence-electron chi connectivity index (χ4n) is 2.46. The van der Waals surface area contributed by atoms with Gasteiger partial charge in [-0.25, -0.2) is 0 Å². The molecule has 2 aliphatic rings. The number of carboxylic acid groups (broad SMARTS) is 1. The molecule has 0 aromatic heterocycles. The largest absolute Gasteiger partial charge is 0.480 e. The van der Waals surface area contributed by atoms with Gasteiger partial charge in [0, 0.05) is 0 Å². The Hall–Kier alpha value is -0.545. The summed E-state index contributed by atoms with van der Waals surface area (Å²) >= 11 is 0. The smallest absolute Gasteiger partial charge is 0.377 e. The minimum absolute atomic E-state index is 0.314. The van der Waals surface area contributed by atoms with Crippen molar-refractivity contribution in [1.29, 1.82) is 0 Å². The minimum Gasteiger partial charge on any atom is -0.480 e. The Kier molecular flexibility index (Phi) is 2.31. The van der Waals surface area contributed by atoms with E-state index in [1.165, 1.54) is 12.8 Å². The molecule has 78 valence electrons. The molecule has 0 aromatic carbocycles. The number of aliphatic carboxylic acids is 1. The van der Waals surface area contributed by atoms with Crippen LogP contribution in [-0.4, -0.2) is 40.5 Å². The van der Waals surface area contributed by atoms with E-state index in [0.29, 0.717) is 18.4 Å². The van der Waals surface area contributed by atoms with Crippen molar-refractivity contribution in [1.82, 2.24) is 4.81 Å². The Labute approximate surface area is 84.0 Å². The molecule has 1 atom stereocenters. The Morgan fingerprint density at radius 3 is 2.57 bits per heavy atom.